The molecule has 1 nitrogen and oxygen atoms in total. The largest absolute Gasteiger partial charge is 0.464 e. The fraction of sp³-hybridized carbons (Fsp3) is 0.385. The Hall–Kier alpha value is -1.24. The minimum absolute atomic E-state index is 0.972. The van der Waals surface area contributed by atoms with Gasteiger partial charge in [-0.25, -0.2) is 0 Å². The molecule has 1 aromatic heterocycles. The van der Waals surface area contributed by atoms with Crippen molar-refractivity contribution < 1.29 is 4.42 Å². The average molecular weight is 188 g/mol. The van der Waals surface area contributed by atoms with Crippen LogP contribution < -0.4 is 0 Å². The summed E-state index contributed by atoms with van der Waals surface area (Å²) in [6, 6.07) is 8.15. The molecule has 1 heteroatoms. The van der Waals surface area contributed by atoms with Crippen LogP contribution in [0.3, 0.4) is 0 Å². The Morgan fingerprint density at radius 3 is 2.36 bits per heavy atom. The monoisotopic (exact) mass is 188 g/mol. The molecule has 74 valence electrons. The molecular formula is C13H16O. The molecule has 1 aliphatic rings. The second-order valence-electron chi connectivity index (χ2n) is 3.88. The van der Waals surface area contributed by atoms with E-state index in [-0.39, 0.29) is 0 Å². The lowest BCUT2D eigenvalue weighted by Crippen LogP contribution is -1.85. The predicted octanol–water partition coefficient (Wildman–Crippen LogP) is 4.30. The van der Waals surface area contributed by atoms with Crippen LogP contribution in [0.2, 0.25) is 0 Å². The van der Waals surface area contributed by atoms with Crippen molar-refractivity contribution in [2.24, 2.45) is 0 Å². The first-order chi connectivity index (χ1) is 6.86. The summed E-state index contributed by atoms with van der Waals surface area (Å²) < 4.78 is 5.20. The highest BCUT2D eigenvalue weighted by Gasteiger charge is 1.95. The molecule has 0 radical (unpaired) electrons. The summed E-state index contributed by atoms with van der Waals surface area (Å²) in [7, 11) is 0. The molecule has 1 heterocycles. The van der Waals surface area contributed by atoms with Crippen molar-refractivity contribution in [2.75, 3.05) is 0 Å². The molecule has 0 saturated heterocycles. The summed E-state index contributed by atoms with van der Waals surface area (Å²) in [6.07, 6.45) is 7.71. The number of furan rings is 1. The molecule has 0 unspecified atom stereocenters. The van der Waals surface area contributed by atoms with E-state index in [4.69, 9.17) is 4.42 Å². The summed E-state index contributed by atoms with van der Waals surface area (Å²) in [4.78, 5) is 0. The van der Waals surface area contributed by atoms with Gasteiger partial charge in [-0.15, -0.1) is 0 Å². The van der Waals surface area contributed by atoms with Gasteiger partial charge in [0.2, 0.25) is 0 Å². The van der Waals surface area contributed by atoms with Crippen LogP contribution in [0.15, 0.2) is 34.9 Å². The van der Waals surface area contributed by atoms with Crippen molar-refractivity contribution in [3.63, 3.8) is 0 Å². The molecule has 14 heavy (non-hydrogen) atoms. The lowest BCUT2D eigenvalue weighted by Gasteiger charge is -2.05. The molecule has 0 N–H and O–H groups in total. The van der Waals surface area contributed by atoms with Crippen molar-refractivity contribution in [1.29, 1.82) is 0 Å². The van der Waals surface area contributed by atoms with Crippen LogP contribution in [0.1, 0.15) is 31.2 Å². The third kappa shape index (κ3) is 2.16. The number of benzene rings is 1. The third-order valence-electron chi connectivity index (χ3n) is 2.61. The Balaban J connectivity index is 0.000000157. The standard InChI is InChI=1S/C9H8O.C4H8/c1-7-2-3-8-4-5-10-9(8)6-7;1-2-4-3-1/h2-6H,1H3;1-4H2. The Kier molecular flexibility index (Phi) is 2.87. The predicted molar refractivity (Wildman–Crippen MR) is 59.4 cm³/mol. The van der Waals surface area contributed by atoms with Crippen LogP contribution in [-0.2, 0) is 0 Å². The maximum Gasteiger partial charge on any atom is 0.134 e. The summed E-state index contributed by atoms with van der Waals surface area (Å²) in [5, 5.41) is 1.17. The molecule has 0 bridgehead atoms. The molecular weight excluding hydrogens is 172 g/mol. The molecule has 0 amide bonds. The average Bonchev–Trinajstić information content (AvgIpc) is 2.47. The van der Waals surface area contributed by atoms with Crippen LogP contribution in [0.5, 0.6) is 0 Å². The normalized spacial score (nSPS) is 14.4. The quantitative estimate of drug-likeness (QED) is 0.600. The van der Waals surface area contributed by atoms with Crippen LogP contribution in [0, 0.1) is 6.92 Å². The van der Waals surface area contributed by atoms with Gasteiger partial charge < -0.3 is 4.42 Å². The summed E-state index contributed by atoms with van der Waals surface area (Å²) >= 11 is 0. The molecule has 1 saturated carbocycles. The van der Waals surface area contributed by atoms with E-state index in [1.54, 1.807) is 6.26 Å². The van der Waals surface area contributed by atoms with Gasteiger partial charge in [0, 0.05) is 5.39 Å². The lowest BCUT2D eigenvalue weighted by molar-refractivity contribution is 0.504. The topological polar surface area (TPSA) is 13.1 Å². The molecule has 1 aliphatic carbocycles. The van der Waals surface area contributed by atoms with Gasteiger partial charge in [-0.3, -0.25) is 0 Å². The van der Waals surface area contributed by atoms with E-state index >= 15 is 0 Å². The number of hydrogen-bond donors (Lipinski definition) is 0. The number of fused-ring (bicyclic) bond motifs is 1. The summed E-state index contributed by atoms with van der Waals surface area (Å²) in [5.74, 6) is 0. The van der Waals surface area contributed by atoms with Gasteiger partial charge in [0.15, 0.2) is 0 Å². The zero-order valence-electron chi connectivity index (χ0n) is 8.62. The van der Waals surface area contributed by atoms with Crippen molar-refractivity contribution in [3.05, 3.63) is 36.1 Å². The highest BCUT2D eigenvalue weighted by molar-refractivity contribution is 5.77. The second kappa shape index (κ2) is 4.32. The van der Waals surface area contributed by atoms with Crippen LogP contribution >= 0.6 is 0 Å². The van der Waals surface area contributed by atoms with Gasteiger partial charge in [-0.2, -0.15) is 0 Å². The molecule has 1 fully saturated rings. The lowest BCUT2D eigenvalue weighted by atomic mass is 10.0. The first-order valence-corrected chi connectivity index (χ1v) is 5.30. The fourth-order valence-corrected chi connectivity index (χ4v) is 1.31. The minimum Gasteiger partial charge on any atom is -0.464 e. The van der Waals surface area contributed by atoms with Gasteiger partial charge >= 0.3 is 0 Å². The Morgan fingerprint density at radius 1 is 1.00 bits per heavy atom. The molecule has 1 aromatic carbocycles. The second-order valence-corrected chi connectivity index (χ2v) is 3.88. The molecule has 0 spiro atoms. The van der Waals surface area contributed by atoms with Gasteiger partial charge in [-0.05, 0) is 24.6 Å². The summed E-state index contributed by atoms with van der Waals surface area (Å²) in [5.41, 5.74) is 2.21. The van der Waals surface area contributed by atoms with Gasteiger partial charge in [0.25, 0.3) is 0 Å². The zero-order chi connectivity index (χ0) is 9.80. The maximum absolute atomic E-state index is 5.20. The van der Waals surface area contributed by atoms with Crippen LogP contribution in [-0.4, -0.2) is 0 Å². The Bertz CT molecular complexity index is 392. The number of aryl methyl sites for hydroxylation is 1. The van der Waals surface area contributed by atoms with Crippen molar-refractivity contribution >= 4 is 11.0 Å². The smallest absolute Gasteiger partial charge is 0.134 e. The van der Waals surface area contributed by atoms with E-state index in [9.17, 15) is 0 Å². The van der Waals surface area contributed by atoms with Gasteiger partial charge in [0.05, 0.1) is 6.26 Å². The van der Waals surface area contributed by atoms with E-state index in [0.29, 0.717) is 0 Å². The minimum atomic E-state index is 0.972. The van der Waals surface area contributed by atoms with Gasteiger partial charge in [-0.1, -0.05) is 37.8 Å². The number of hydrogen-bond acceptors (Lipinski definition) is 1. The maximum atomic E-state index is 5.20. The van der Waals surface area contributed by atoms with E-state index in [0.717, 1.165) is 5.58 Å². The first-order valence-electron chi connectivity index (χ1n) is 5.30. The first kappa shape index (κ1) is 9.32. The SMILES string of the molecule is C1CCC1.Cc1ccc2ccoc2c1. The van der Waals surface area contributed by atoms with Crippen molar-refractivity contribution in [2.45, 2.75) is 32.6 Å². The van der Waals surface area contributed by atoms with E-state index < -0.39 is 0 Å². The van der Waals surface area contributed by atoms with Crippen LogP contribution in [0.25, 0.3) is 11.0 Å². The van der Waals surface area contributed by atoms with E-state index in [1.165, 1.54) is 36.6 Å². The molecule has 2 aromatic rings. The number of rotatable bonds is 0. The van der Waals surface area contributed by atoms with Crippen molar-refractivity contribution in [1.82, 2.24) is 0 Å². The van der Waals surface area contributed by atoms with Crippen molar-refractivity contribution in [3.8, 4) is 0 Å². The van der Waals surface area contributed by atoms with Crippen LogP contribution in [0.4, 0.5) is 0 Å². The third-order valence-corrected chi connectivity index (χ3v) is 2.61. The highest BCUT2D eigenvalue weighted by Crippen LogP contribution is 2.16. The highest BCUT2D eigenvalue weighted by atomic mass is 16.3. The summed E-state index contributed by atoms with van der Waals surface area (Å²) in [6.45, 7) is 2.06. The Labute approximate surface area is 84.7 Å². The zero-order valence-corrected chi connectivity index (χ0v) is 8.62. The van der Waals surface area contributed by atoms with E-state index in [2.05, 4.69) is 19.1 Å². The fourth-order valence-electron chi connectivity index (χ4n) is 1.31. The molecule has 0 atom stereocenters. The molecule has 3 rings (SSSR count). The van der Waals surface area contributed by atoms with E-state index in [1.807, 2.05) is 12.1 Å². The molecule has 0 aliphatic heterocycles. The Morgan fingerprint density at radius 2 is 1.71 bits per heavy atom. The van der Waals surface area contributed by atoms with Gasteiger partial charge in [0.1, 0.15) is 5.58 Å².